The maximum atomic E-state index is 11.9. The summed E-state index contributed by atoms with van der Waals surface area (Å²) < 4.78 is 1.88. The molecule has 104 valence electrons. The average molecular weight is 311 g/mol. The molecule has 7 heteroatoms. The first-order chi connectivity index (χ1) is 9.51. The fourth-order valence-corrected chi connectivity index (χ4v) is 2.57. The number of carbonyl (C=O) groups is 2. The molecule has 0 saturated carbocycles. The van der Waals surface area contributed by atoms with Crippen LogP contribution in [-0.2, 0) is 11.3 Å². The summed E-state index contributed by atoms with van der Waals surface area (Å²) in [4.78, 5) is 35.4. The van der Waals surface area contributed by atoms with Gasteiger partial charge in [0.25, 0.3) is 17.2 Å². The predicted octanol–water partition coefficient (Wildman–Crippen LogP) is 2.40. The number of hydrogen-bond acceptors (Lipinski definition) is 4. The Morgan fingerprint density at radius 2 is 2.05 bits per heavy atom. The lowest BCUT2D eigenvalue weighted by Crippen LogP contribution is -2.24. The largest absolute Gasteiger partial charge is 0.318 e. The van der Waals surface area contributed by atoms with Crippen LogP contribution in [0.25, 0.3) is 0 Å². The number of nitrogens with one attached hydrogen (secondary N) is 1. The Morgan fingerprint density at radius 3 is 2.65 bits per heavy atom. The molecule has 20 heavy (non-hydrogen) atoms. The lowest BCUT2D eigenvalue weighted by Gasteiger charge is -2.06. The summed E-state index contributed by atoms with van der Waals surface area (Å²) in [5, 5.41) is 2.47. The Morgan fingerprint density at radius 1 is 1.30 bits per heavy atom. The molecule has 0 atom stereocenters. The Balaban J connectivity index is 2.15. The highest BCUT2D eigenvalue weighted by molar-refractivity contribution is 7.18. The molecule has 2 heterocycles. The lowest BCUT2D eigenvalue weighted by molar-refractivity contribution is -0.112. The molecule has 2 aromatic rings. The number of anilines is 1. The lowest BCUT2D eigenvalue weighted by atomic mass is 10.3. The number of carbonyl (C=O) groups excluding carboxylic acids is 2. The van der Waals surface area contributed by atoms with E-state index in [2.05, 4.69) is 5.32 Å². The number of amides is 1. The number of thiophene rings is 1. The maximum Gasteiger partial charge on any atom is 0.297 e. The van der Waals surface area contributed by atoms with Gasteiger partial charge in [0.2, 0.25) is 0 Å². The standard InChI is InChI=1S/C13H11ClN2O3S/c1-2-16-7-8(3-6-11(16)17)15-13(19)12(18)9-4-5-10(14)20-9/h3-7H,2H2,1H3,(H,15,19). The van der Waals surface area contributed by atoms with Crippen LogP contribution in [0.1, 0.15) is 16.6 Å². The van der Waals surface area contributed by atoms with Crippen LogP contribution in [0.5, 0.6) is 0 Å². The van der Waals surface area contributed by atoms with Gasteiger partial charge < -0.3 is 9.88 Å². The van der Waals surface area contributed by atoms with E-state index in [-0.39, 0.29) is 10.4 Å². The van der Waals surface area contributed by atoms with Crippen molar-refractivity contribution in [1.82, 2.24) is 4.57 Å². The van der Waals surface area contributed by atoms with Crippen molar-refractivity contribution in [3.05, 3.63) is 50.0 Å². The molecule has 2 aromatic heterocycles. The van der Waals surface area contributed by atoms with Crippen molar-refractivity contribution in [2.45, 2.75) is 13.5 Å². The van der Waals surface area contributed by atoms with Crippen LogP contribution in [0.4, 0.5) is 5.69 Å². The molecule has 0 unspecified atom stereocenters. The summed E-state index contributed by atoms with van der Waals surface area (Å²) in [6.07, 6.45) is 1.49. The van der Waals surface area contributed by atoms with Gasteiger partial charge in [-0.2, -0.15) is 0 Å². The quantitative estimate of drug-likeness (QED) is 0.696. The van der Waals surface area contributed by atoms with Crippen molar-refractivity contribution >= 4 is 40.3 Å². The Bertz CT molecular complexity index is 720. The molecule has 0 fully saturated rings. The van der Waals surface area contributed by atoms with Gasteiger partial charge in [0.15, 0.2) is 0 Å². The number of nitrogens with zero attached hydrogens (tertiary/aromatic N) is 1. The van der Waals surface area contributed by atoms with Crippen LogP contribution in [0.2, 0.25) is 4.34 Å². The van der Waals surface area contributed by atoms with Crippen molar-refractivity contribution < 1.29 is 9.59 Å². The second-order valence-electron chi connectivity index (χ2n) is 3.93. The minimum atomic E-state index is -0.759. The smallest absolute Gasteiger partial charge is 0.297 e. The van der Waals surface area contributed by atoms with Gasteiger partial charge in [0, 0.05) is 18.8 Å². The molecule has 0 radical (unpaired) electrons. The first kappa shape index (κ1) is 14.5. The topological polar surface area (TPSA) is 68.2 Å². The van der Waals surface area contributed by atoms with Crippen molar-refractivity contribution in [1.29, 1.82) is 0 Å². The monoisotopic (exact) mass is 310 g/mol. The third kappa shape index (κ3) is 3.15. The molecule has 0 spiro atoms. The van der Waals surface area contributed by atoms with Gasteiger partial charge in [-0.3, -0.25) is 14.4 Å². The van der Waals surface area contributed by atoms with E-state index in [4.69, 9.17) is 11.6 Å². The van der Waals surface area contributed by atoms with Gasteiger partial charge in [-0.25, -0.2) is 0 Å². The van der Waals surface area contributed by atoms with E-state index < -0.39 is 11.7 Å². The van der Waals surface area contributed by atoms with E-state index in [9.17, 15) is 14.4 Å². The zero-order valence-corrected chi connectivity index (χ0v) is 12.1. The molecular formula is C13H11ClN2O3S. The van der Waals surface area contributed by atoms with Crippen molar-refractivity contribution in [2.75, 3.05) is 5.32 Å². The Labute approximate surface area is 123 Å². The van der Waals surface area contributed by atoms with Crippen molar-refractivity contribution in [3.8, 4) is 0 Å². The number of Topliss-reactive ketones (excluding diaryl/α,β-unsaturated/α-hetero) is 1. The van der Waals surface area contributed by atoms with Crippen LogP contribution >= 0.6 is 22.9 Å². The highest BCUT2D eigenvalue weighted by Gasteiger charge is 2.18. The highest BCUT2D eigenvalue weighted by atomic mass is 35.5. The molecule has 2 rings (SSSR count). The average Bonchev–Trinajstić information content (AvgIpc) is 2.86. The number of pyridine rings is 1. The molecular weight excluding hydrogens is 300 g/mol. The summed E-state index contributed by atoms with van der Waals surface area (Å²) in [6.45, 7) is 2.29. The molecule has 0 bridgehead atoms. The normalized spacial score (nSPS) is 10.3. The molecule has 5 nitrogen and oxygen atoms in total. The van der Waals surface area contributed by atoms with E-state index >= 15 is 0 Å². The molecule has 1 N–H and O–H groups in total. The van der Waals surface area contributed by atoms with Gasteiger partial charge in [-0.05, 0) is 25.1 Å². The summed E-state index contributed by atoms with van der Waals surface area (Å²) >= 11 is 6.77. The molecule has 0 aliphatic rings. The van der Waals surface area contributed by atoms with Crippen LogP contribution in [0, 0.1) is 0 Å². The van der Waals surface area contributed by atoms with Gasteiger partial charge in [0.1, 0.15) is 0 Å². The van der Waals surface area contributed by atoms with Crippen LogP contribution in [0.15, 0.2) is 35.3 Å². The number of ketones is 1. The fraction of sp³-hybridized carbons (Fsp3) is 0.154. The molecule has 0 saturated heterocycles. The molecule has 0 aliphatic carbocycles. The molecule has 0 aromatic carbocycles. The Kier molecular flexibility index (Phi) is 4.36. The maximum absolute atomic E-state index is 11.9. The van der Waals surface area contributed by atoms with Gasteiger partial charge >= 0.3 is 0 Å². The minimum Gasteiger partial charge on any atom is -0.318 e. The number of hydrogen-bond donors (Lipinski definition) is 1. The zero-order valence-electron chi connectivity index (χ0n) is 10.6. The molecule has 1 amide bonds. The first-order valence-corrected chi connectivity index (χ1v) is 7.02. The zero-order chi connectivity index (χ0) is 14.7. The van der Waals surface area contributed by atoms with E-state index in [1.54, 1.807) is 6.07 Å². The SMILES string of the molecule is CCn1cc(NC(=O)C(=O)c2ccc(Cl)s2)ccc1=O. The van der Waals surface area contributed by atoms with Crippen LogP contribution in [-0.4, -0.2) is 16.3 Å². The number of halogens is 1. The summed E-state index contributed by atoms with van der Waals surface area (Å²) in [6, 6.07) is 5.86. The van der Waals surface area contributed by atoms with Gasteiger partial charge in [-0.1, -0.05) is 11.6 Å². The van der Waals surface area contributed by atoms with Gasteiger partial charge in [0.05, 0.1) is 14.9 Å². The van der Waals surface area contributed by atoms with Crippen LogP contribution < -0.4 is 10.9 Å². The second kappa shape index (κ2) is 6.02. The predicted molar refractivity (Wildman–Crippen MR) is 78.7 cm³/mol. The summed E-state index contributed by atoms with van der Waals surface area (Å²) in [5.74, 6) is -1.42. The van der Waals surface area contributed by atoms with Crippen LogP contribution in [0.3, 0.4) is 0 Å². The first-order valence-electron chi connectivity index (χ1n) is 5.82. The van der Waals surface area contributed by atoms with E-state index in [0.29, 0.717) is 16.6 Å². The van der Waals surface area contributed by atoms with Crippen molar-refractivity contribution in [2.24, 2.45) is 0 Å². The van der Waals surface area contributed by atoms with E-state index in [1.807, 2.05) is 6.92 Å². The second-order valence-corrected chi connectivity index (χ2v) is 5.64. The van der Waals surface area contributed by atoms with E-state index in [1.165, 1.54) is 29.0 Å². The number of aryl methyl sites for hydroxylation is 1. The number of aromatic nitrogens is 1. The van der Waals surface area contributed by atoms with E-state index in [0.717, 1.165) is 11.3 Å². The van der Waals surface area contributed by atoms with Crippen molar-refractivity contribution in [3.63, 3.8) is 0 Å². The highest BCUT2D eigenvalue weighted by Crippen LogP contribution is 2.22. The number of rotatable bonds is 4. The third-order valence-electron chi connectivity index (χ3n) is 2.59. The minimum absolute atomic E-state index is 0.165. The summed E-state index contributed by atoms with van der Waals surface area (Å²) in [5.41, 5.74) is 0.231. The Hall–Kier alpha value is -1.92. The van der Waals surface area contributed by atoms with Gasteiger partial charge in [-0.15, -0.1) is 11.3 Å². The summed E-state index contributed by atoms with van der Waals surface area (Å²) in [7, 11) is 0. The molecule has 0 aliphatic heterocycles. The fourth-order valence-electron chi connectivity index (χ4n) is 1.59. The third-order valence-corrected chi connectivity index (χ3v) is 3.82.